The van der Waals surface area contributed by atoms with Crippen molar-refractivity contribution < 1.29 is 23.9 Å². The Morgan fingerprint density at radius 1 is 1.19 bits per heavy atom. The van der Waals surface area contributed by atoms with E-state index in [-0.39, 0.29) is 25.6 Å². The molecule has 7 nitrogen and oxygen atoms in total. The summed E-state index contributed by atoms with van der Waals surface area (Å²) in [5.74, 6) is -0.200. The van der Waals surface area contributed by atoms with Crippen LogP contribution < -0.4 is 10.1 Å². The topological polar surface area (TPSA) is 84.9 Å². The second-order valence-corrected chi connectivity index (χ2v) is 6.30. The van der Waals surface area contributed by atoms with E-state index in [2.05, 4.69) is 5.32 Å². The van der Waals surface area contributed by atoms with Gasteiger partial charge in [0, 0.05) is 10.6 Å². The maximum atomic E-state index is 12.2. The largest absolute Gasteiger partial charge is 0.496 e. The van der Waals surface area contributed by atoms with E-state index in [0.717, 1.165) is 10.5 Å². The van der Waals surface area contributed by atoms with Gasteiger partial charge in [-0.05, 0) is 35.9 Å². The van der Waals surface area contributed by atoms with Crippen molar-refractivity contribution in [1.29, 1.82) is 0 Å². The van der Waals surface area contributed by atoms with Crippen molar-refractivity contribution in [1.82, 2.24) is 10.2 Å². The fourth-order valence-electron chi connectivity index (χ4n) is 2.63. The number of urea groups is 1. The smallest absolute Gasteiger partial charge is 0.338 e. The molecule has 140 valence electrons. The molecule has 1 saturated heterocycles. The number of carbonyl (C=O) groups is 3. The molecule has 3 rings (SSSR count). The molecule has 3 amide bonds. The lowest BCUT2D eigenvalue weighted by molar-refractivity contribution is -0.125. The minimum absolute atomic E-state index is 0.0101. The van der Waals surface area contributed by atoms with E-state index in [4.69, 9.17) is 21.1 Å². The molecule has 0 spiro atoms. The number of nitrogens with one attached hydrogen (secondary N) is 1. The minimum atomic E-state index is -0.501. The molecule has 0 bridgehead atoms. The van der Waals surface area contributed by atoms with Crippen LogP contribution in [0.3, 0.4) is 0 Å². The van der Waals surface area contributed by atoms with E-state index in [0.29, 0.717) is 21.9 Å². The number of hydrogen-bond acceptors (Lipinski definition) is 5. The number of carbonyl (C=O) groups excluding carboxylic acids is 3. The van der Waals surface area contributed by atoms with Gasteiger partial charge in [0.25, 0.3) is 0 Å². The Balaban J connectivity index is 1.62. The van der Waals surface area contributed by atoms with Crippen molar-refractivity contribution in [3.63, 3.8) is 0 Å². The number of ether oxygens (including phenoxy) is 2. The van der Waals surface area contributed by atoms with Crippen LogP contribution in [0.5, 0.6) is 5.75 Å². The molecular weight excluding hydrogens is 372 g/mol. The Bertz CT molecular complexity index is 866. The highest BCUT2D eigenvalue weighted by Crippen LogP contribution is 2.23. The highest BCUT2D eigenvalue weighted by molar-refractivity contribution is 6.30. The molecule has 1 N–H and O–H groups in total. The fraction of sp³-hybridized carbons (Fsp3) is 0.211. The average Bonchev–Trinajstić information content (AvgIpc) is 2.99. The van der Waals surface area contributed by atoms with Crippen LogP contribution >= 0.6 is 11.6 Å². The molecule has 0 unspecified atom stereocenters. The number of imide groups is 1. The highest BCUT2D eigenvalue weighted by Gasteiger charge is 2.28. The molecule has 1 heterocycles. The zero-order chi connectivity index (χ0) is 19.4. The molecule has 2 aromatic carbocycles. The van der Waals surface area contributed by atoms with Crippen molar-refractivity contribution >= 4 is 29.5 Å². The predicted molar refractivity (Wildman–Crippen MR) is 97.5 cm³/mol. The highest BCUT2D eigenvalue weighted by atomic mass is 35.5. The molecule has 1 aliphatic heterocycles. The monoisotopic (exact) mass is 388 g/mol. The first-order chi connectivity index (χ1) is 13.0. The Morgan fingerprint density at radius 2 is 1.93 bits per heavy atom. The van der Waals surface area contributed by atoms with Gasteiger partial charge in [-0.1, -0.05) is 23.7 Å². The molecular formula is C19H17ClN2O5. The summed E-state index contributed by atoms with van der Waals surface area (Å²) in [7, 11) is 1.53. The van der Waals surface area contributed by atoms with Crippen molar-refractivity contribution in [3.8, 4) is 5.75 Å². The SMILES string of the molecule is COc1ccc(Cl)cc1COC(=O)c1ccc(CN2C(=O)CNC2=O)cc1. The summed E-state index contributed by atoms with van der Waals surface area (Å²) in [5.41, 5.74) is 1.75. The Morgan fingerprint density at radius 3 is 2.56 bits per heavy atom. The van der Waals surface area contributed by atoms with E-state index in [1.165, 1.54) is 7.11 Å². The van der Waals surface area contributed by atoms with Gasteiger partial charge in [-0.2, -0.15) is 0 Å². The van der Waals surface area contributed by atoms with Gasteiger partial charge in [0.15, 0.2) is 0 Å². The molecule has 0 saturated carbocycles. The molecule has 0 radical (unpaired) electrons. The van der Waals surface area contributed by atoms with E-state index in [9.17, 15) is 14.4 Å². The summed E-state index contributed by atoms with van der Waals surface area (Å²) in [5, 5.41) is 2.98. The van der Waals surface area contributed by atoms with Gasteiger partial charge in [-0.15, -0.1) is 0 Å². The van der Waals surface area contributed by atoms with Crippen LogP contribution in [0.25, 0.3) is 0 Å². The van der Waals surface area contributed by atoms with Crippen molar-refractivity contribution in [2.75, 3.05) is 13.7 Å². The molecule has 2 aromatic rings. The lowest BCUT2D eigenvalue weighted by atomic mass is 10.1. The van der Waals surface area contributed by atoms with Gasteiger partial charge in [0.2, 0.25) is 5.91 Å². The van der Waals surface area contributed by atoms with Crippen molar-refractivity contribution in [2.45, 2.75) is 13.2 Å². The first-order valence-corrected chi connectivity index (χ1v) is 8.52. The third kappa shape index (κ3) is 4.38. The number of hydrogen-bond donors (Lipinski definition) is 1. The fourth-order valence-corrected chi connectivity index (χ4v) is 2.83. The number of esters is 1. The quantitative estimate of drug-likeness (QED) is 0.607. The first-order valence-electron chi connectivity index (χ1n) is 8.14. The zero-order valence-corrected chi connectivity index (χ0v) is 15.3. The molecule has 1 fully saturated rings. The normalized spacial score (nSPS) is 13.5. The van der Waals surface area contributed by atoms with Crippen molar-refractivity contribution in [3.05, 3.63) is 64.2 Å². The molecule has 0 aliphatic carbocycles. The van der Waals surface area contributed by atoms with Crippen molar-refractivity contribution in [2.24, 2.45) is 0 Å². The number of amides is 3. The zero-order valence-electron chi connectivity index (χ0n) is 14.5. The van der Waals surface area contributed by atoms with Crippen LogP contribution in [0.2, 0.25) is 5.02 Å². The molecule has 8 heteroatoms. The number of methoxy groups -OCH3 is 1. The van der Waals surface area contributed by atoms with E-state index >= 15 is 0 Å². The van der Waals surface area contributed by atoms with Crippen LogP contribution in [-0.4, -0.2) is 36.5 Å². The summed E-state index contributed by atoms with van der Waals surface area (Å²) < 4.78 is 10.5. The minimum Gasteiger partial charge on any atom is -0.496 e. The summed E-state index contributed by atoms with van der Waals surface area (Å²) in [6, 6.07) is 11.2. The maximum Gasteiger partial charge on any atom is 0.338 e. The van der Waals surface area contributed by atoms with Gasteiger partial charge in [0.05, 0.1) is 25.8 Å². The van der Waals surface area contributed by atoms with Gasteiger partial charge < -0.3 is 14.8 Å². The molecule has 0 aromatic heterocycles. The number of rotatable bonds is 6. The Kier molecular flexibility index (Phi) is 5.61. The maximum absolute atomic E-state index is 12.2. The van der Waals surface area contributed by atoms with Crippen LogP contribution in [0, 0.1) is 0 Å². The van der Waals surface area contributed by atoms with Crippen LogP contribution in [-0.2, 0) is 22.7 Å². The Hall–Kier alpha value is -3.06. The third-order valence-corrected chi connectivity index (χ3v) is 4.30. The number of nitrogens with zero attached hydrogens (tertiary/aromatic N) is 1. The summed E-state index contributed by atoms with van der Waals surface area (Å²) in [4.78, 5) is 36.5. The van der Waals surface area contributed by atoms with E-state index in [1.54, 1.807) is 42.5 Å². The van der Waals surface area contributed by atoms with Crippen LogP contribution in [0.1, 0.15) is 21.5 Å². The second kappa shape index (κ2) is 8.09. The summed E-state index contributed by atoms with van der Waals surface area (Å²) in [6.45, 7) is 0.183. The van der Waals surface area contributed by atoms with Gasteiger partial charge in [-0.25, -0.2) is 9.59 Å². The lowest BCUT2D eigenvalue weighted by Crippen LogP contribution is -2.30. The second-order valence-electron chi connectivity index (χ2n) is 5.87. The van der Waals surface area contributed by atoms with Gasteiger partial charge >= 0.3 is 12.0 Å². The molecule has 1 aliphatic rings. The lowest BCUT2D eigenvalue weighted by Gasteiger charge is -2.13. The third-order valence-electron chi connectivity index (χ3n) is 4.07. The van der Waals surface area contributed by atoms with Crippen LogP contribution in [0.4, 0.5) is 4.79 Å². The number of benzene rings is 2. The van der Waals surface area contributed by atoms with Gasteiger partial charge in [0.1, 0.15) is 12.4 Å². The van der Waals surface area contributed by atoms with Gasteiger partial charge in [-0.3, -0.25) is 9.69 Å². The molecule has 0 atom stereocenters. The standard InChI is InChI=1S/C19H17ClN2O5/c1-26-16-7-6-15(20)8-14(16)11-27-18(24)13-4-2-12(3-5-13)10-22-17(23)9-21-19(22)25/h2-8H,9-11H2,1H3,(H,21,25). The van der Waals surface area contributed by atoms with E-state index < -0.39 is 12.0 Å². The van der Waals surface area contributed by atoms with Crippen LogP contribution in [0.15, 0.2) is 42.5 Å². The first kappa shape index (κ1) is 18.7. The number of halogens is 1. The summed E-state index contributed by atoms with van der Waals surface area (Å²) >= 11 is 5.96. The average molecular weight is 389 g/mol. The van der Waals surface area contributed by atoms with E-state index in [1.807, 2.05) is 0 Å². The summed E-state index contributed by atoms with van der Waals surface area (Å²) in [6.07, 6.45) is 0. The predicted octanol–water partition coefficient (Wildman–Crippen LogP) is 2.76. The molecule has 27 heavy (non-hydrogen) atoms. The Labute approximate surface area is 160 Å².